The van der Waals surface area contributed by atoms with Crippen LogP contribution in [0.5, 0.6) is 0 Å². The van der Waals surface area contributed by atoms with E-state index in [1.807, 2.05) is 0 Å². The number of hydrogen-bond donors (Lipinski definition) is 0. The minimum Gasteiger partial charge on any atom is -0.369 e. The van der Waals surface area contributed by atoms with Gasteiger partial charge in [0.15, 0.2) is 5.79 Å². The Hall–Kier alpha value is -1.16. The molecule has 34 heavy (non-hydrogen) atoms. The maximum absolute atomic E-state index is 7.38. The Morgan fingerprint density at radius 3 is 2.44 bits per heavy atom. The fourth-order valence-corrected chi connectivity index (χ4v) is 9.59. The quantitative estimate of drug-likeness (QED) is 0.435. The highest BCUT2D eigenvalue weighted by Gasteiger charge is 2.74. The summed E-state index contributed by atoms with van der Waals surface area (Å²) in [6.45, 7) is 12.3. The van der Waals surface area contributed by atoms with E-state index in [1.54, 1.807) is 5.57 Å². The van der Waals surface area contributed by atoms with Crippen LogP contribution in [0, 0.1) is 28.6 Å². The monoisotopic (exact) mass is 464 g/mol. The highest BCUT2D eigenvalue weighted by atomic mass is 16.8. The molecule has 0 aromatic heterocycles. The van der Waals surface area contributed by atoms with Crippen LogP contribution in [-0.4, -0.2) is 23.6 Å². The second-order valence-electron chi connectivity index (χ2n) is 12.9. The summed E-state index contributed by atoms with van der Waals surface area (Å²) in [5, 5.41) is 0. The number of benzene rings is 1. The Morgan fingerprint density at radius 1 is 0.912 bits per heavy atom. The Morgan fingerprint density at radius 2 is 1.68 bits per heavy atom. The van der Waals surface area contributed by atoms with Gasteiger partial charge < -0.3 is 14.2 Å². The molecule has 4 saturated carbocycles. The Balaban J connectivity index is 1.49. The molecule has 0 amide bonds. The number of ether oxygens (including phenoxy) is 3. The van der Waals surface area contributed by atoms with Gasteiger partial charge in [0.2, 0.25) is 0 Å². The van der Waals surface area contributed by atoms with E-state index in [4.69, 9.17) is 14.2 Å². The van der Waals surface area contributed by atoms with Crippen LogP contribution in [0.15, 0.2) is 42.0 Å². The van der Waals surface area contributed by atoms with Crippen molar-refractivity contribution < 1.29 is 14.2 Å². The van der Waals surface area contributed by atoms with Crippen molar-refractivity contribution in [3.05, 3.63) is 47.5 Å². The lowest BCUT2D eigenvalue weighted by molar-refractivity contribution is -0.293. The first kappa shape index (κ1) is 23.3. The third kappa shape index (κ3) is 3.12. The molecule has 5 fully saturated rings. The van der Waals surface area contributed by atoms with Crippen LogP contribution in [0.2, 0.25) is 0 Å². The lowest BCUT2D eigenvalue weighted by Gasteiger charge is -2.68. The zero-order chi connectivity index (χ0) is 23.8. The molecule has 3 heteroatoms. The molecule has 0 bridgehead atoms. The zero-order valence-electron chi connectivity index (χ0n) is 21.9. The minimum atomic E-state index is -0.515. The molecule has 6 rings (SSSR count). The van der Waals surface area contributed by atoms with E-state index in [-0.39, 0.29) is 28.6 Å². The standard InChI is InChI=1S/C31H44O3/c1-6-22-15-16-23-25-27-26(33-28(2,3)34-27)24-14-10-11-17-30(24,5)31(25,19-18-29(22,23)4)32-20-21-12-8-7-9-13-21/h6-9,12-13,23-27H,10-11,14-20H2,1-5H3/t23?,24?,25?,26?,27?,29-,30+,31?/m1/s1. The van der Waals surface area contributed by atoms with Gasteiger partial charge in [-0.15, -0.1) is 0 Å². The van der Waals surface area contributed by atoms with Gasteiger partial charge in [-0.3, -0.25) is 0 Å². The van der Waals surface area contributed by atoms with Gasteiger partial charge in [-0.1, -0.05) is 68.7 Å². The zero-order valence-corrected chi connectivity index (χ0v) is 21.9. The van der Waals surface area contributed by atoms with E-state index in [1.165, 1.54) is 50.5 Å². The van der Waals surface area contributed by atoms with Gasteiger partial charge in [0, 0.05) is 11.3 Å². The van der Waals surface area contributed by atoms with Crippen molar-refractivity contribution >= 4 is 0 Å². The van der Waals surface area contributed by atoms with Crippen LogP contribution in [-0.2, 0) is 20.8 Å². The van der Waals surface area contributed by atoms with Crippen molar-refractivity contribution in [3.63, 3.8) is 0 Å². The molecule has 8 atom stereocenters. The van der Waals surface area contributed by atoms with Crippen molar-refractivity contribution in [3.8, 4) is 0 Å². The molecular weight excluding hydrogens is 420 g/mol. The Kier molecular flexibility index (Phi) is 5.42. The summed E-state index contributed by atoms with van der Waals surface area (Å²) in [6, 6.07) is 10.8. The summed E-state index contributed by atoms with van der Waals surface area (Å²) in [4.78, 5) is 0. The molecule has 0 radical (unpaired) electrons. The molecule has 1 saturated heterocycles. The van der Waals surface area contributed by atoms with E-state index >= 15 is 0 Å². The second-order valence-corrected chi connectivity index (χ2v) is 12.9. The Bertz CT molecular complexity index is 953. The highest BCUT2D eigenvalue weighted by Crippen LogP contribution is 2.72. The molecule has 1 heterocycles. The van der Waals surface area contributed by atoms with E-state index in [9.17, 15) is 0 Å². The average Bonchev–Trinajstić information content (AvgIpc) is 3.33. The first-order chi connectivity index (χ1) is 16.2. The first-order valence-corrected chi connectivity index (χ1v) is 13.9. The van der Waals surface area contributed by atoms with Crippen molar-refractivity contribution in [1.82, 2.24) is 0 Å². The van der Waals surface area contributed by atoms with Gasteiger partial charge in [0.1, 0.15) is 0 Å². The van der Waals surface area contributed by atoms with Gasteiger partial charge in [0.25, 0.3) is 0 Å². The SMILES string of the molecule is CC=C1CCC2C3C4OC(C)(C)OC4C4CCCC[C@]4(C)C3(OCc3ccccc3)CC[C@]12C. The summed E-state index contributed by atoms with van der Waals surface area (Å²) >= 11 is 0. The maximum atomic E-state index is 7.38. The summed E-state index contributed by atoms with van der Waals surface area (Å²) in [6.07, 6.45) is 12.7. The topological polar surface area (TPSA) is 27.7 Å². The predicted octanol–water partition coefficient (Wildman–Crippen LogP) is 7.44. The smallest absolute Gasteiger partial charge is 0.163 e. The molecule has 186 valence electrons. The maximum Gasteiger partial charge on any atom is 0.163 e. The first-order valence-electron chi connectivity index (χ1n) is 13.9. The molecule has 0 spiro atoms. The van der Waals surface area contributed by atoms with Crippen molar-refractivity contribution in [1.29, 1.82) is 0 Å². The lowest BCUT2D eigenvalue weighted by atomic mass is 9.41. The van der Waals surface area contributed by atoms with Gasteiger partial charge >= 0.3 is 0 Å². The average molecular weight is 465 g/mol. The molecule has 5 aliphatic rings. The van der Waals surface area contributed by atoms with Gasteiger partial charge in [-0.05, 0) is 82.1 Å². The Labute approximate surface area is 206 Å². The molecule has 6 unspecified atom stereocenters. The van der Waals surface area contributed by atoms with Crippen LogP contribution in [0.25, 0.3) is 0 Å². The number of hydrogen-bond acceptors (Lipinski definition) is 3. The molecule has 1 aromatic carbocycles. The van der Waals surface area contributed by atoms with Crippen molar-refractivity contribution in [2.24, 2.45) is 28.6 Å². The van der Waals surface area contributed by atoms with Gasteiger partial charge in [0.05, 0.1) is 24.4 Å². The van der Waals surface area contributed by atoms with Crippen LogP contribution in [0.1, 0.15) is 91.5 Å². The summed E-state index contributed by atoms with van der Waals surface area (Å²) in [5.41, 5.74) is 3.17. The second kappa shape index (κ2) is 7.92. The van der Waals surface area contributed by atoms with E-state index in [2.05, 4.69) is 71.0 Å². The third-order valence-corrected chi connectivity index (χ3v) is 11.1. The van der Waals surface area contributed by atoms with Crippen molar-refractivity contribution in [2.75, 3.05) is 0 Å². The van der Waals surface area contributed by atoms with Crippen LogP contribution < -0.4 is 0 Å². The molecule has 3 nitrogen and oxygen atoms in total. The predicted molar refractivity (Wildman–Crippen MR) is 135 cm³/mol. The summed E-state index contributed by atoms with van der Waals surface area (Å²) in [5.74, 6) is 0.956. The van der Waals surface area contributed by atoms with Gasteiger partial charge in [-0.2, -0.15) is 0 Å². The normalized spacial score (nSPS) is 48.1. The molecule has 1 aromatic rings. The summed E-state index contributed by atoms with van der Waals surface area (Å²) < 4.78 is 21.1. The third-order valence-electron chi connectivity index (χ3n) is 11.1. The van der Waals surface area contributed by atoms with Gasteiger partial charge in [-0.25, -0.2) is 0 Å². The van der Waals surface area contributed by atoms with E-state index in [0.29, 0.717) is 24.4 Å². The molecule has 0 N–H and O–H groups in total. The van der Waals surface area contributed by atoms with Crippen molar-refractivity contribution in [2.45, 2.75) is 116 Å². The van der Waals surface area contributed by atoms with Crippen LogP contribution in [0.4, 0.5) is 0 Å². The highest BCUT2D eigenvalue weighted by molar-refractivity contribution is 5.29. The number of fused-ring (bicyclic) bond motifs is 8. The number of allylic oxidation sites excluding steroid dienone is 2. The van der Waals surface area contributed by atoms with E-state index < -0.39 is 5.79 Å². The fourth-order valence-electron chi connectivity index (χ4n) is 9.59. The summed E-state index contributed by atoms with van der Waals surface area (Å²) in [7, 11) is 0. The molecule has 1 aliphatic heterocycles. The molecule has 4 aliphatic carbocycles. The largest absolute Gasteiger partial charge is 0.369 e. The number of rotatable bonds is 3. The van der Waals surface area contributed by atoms with Crippen LogP contribution in [0.3, 0.4) is 0 Å². The lowest BCUT2D eigenvalue weighted by Crippen LogP contribution is -2.72. The van der Waals surface area contributed by atoms with E-state index in [0.717, 1.165) is 6.42 Å². The minimum absolute atomic E-state index is 0.121. The fraction of sp³-hybridized carbons (Fsp3) is 0.742. The molecular formula is C31H44O3. The van der Waals surface area contributed by atoms with Crippen LogP contribution >= 0.6 is 0 Å².